The summed E-state index contributed by atoms with van der Waals surface area (Å²) in [6.45, 7) is 4.40. The third-order valence-electron chi connectivity index (χ3n) is 3.44. The lowest BCUT2D eigenvalue weighted by Crippen LogP contribution is -2.37. The van der Waals surface area contributed by atoms with E-state index in [9.17, 15) is 4.79 Å². The van der Waals surface area contributed by atoms with E-state index in [0.717, 1.165) is 24.2 Å². The molecule has 0 bridgehead atoms. The number of carbonyl (C=O) groups excluding carboxylic acids is 1. The fraction of sp³-hybridized carbons (Fsp3) is 0.267. The third kappa shape index (κ3) is 1.92. The van der Waals surface area contributed by atoms with Gasteiger partial charge in [0.15, 0.2) is 0 Å². The lowest BCUT2D eigenvalue weighted by Gasteiger charge is -2.28. The summed E-state index contributed by atoms with van der Waals surface area (Å²) < 4.78 is 2.21. The van der Waals surface area contributed by atoms with Crippen LogP contribution in [0.25, 0.3) is 0 Å². The van der Waals surface area contributed by atoms with Gasteiger partial charge in [-0.15, -0.1) is 0 Å². The molecule has 3 nitrogen and oxygen atoms in total. The van der Waals surface area contributed by atoms with Gasteiger partial charge in [0.1, 0.15) is 0 Å². The molecule has 1 amide bonds. The predicted molar refractivity (Wildman–Crippen MR) is 70.4 cm³/mol. The second-order valence-corrected chi connectivity index (χ2v) is 4.79. The third-order valence-corrected chi connectivity index (χ3v) is 3.44. The standard InChI is InChI=1S/C15H16N2O/c1-12-4-2-5-13(10-12)15(18)17-9-8-16-7-3-6-14(16)11-17/h2-7,10H,8-9,11H2,1H3. The van der Waals surface area contributed by atoms with Crippen molar-refractivity contribution < 1.29 is 4.79 Å². The Morgan fingerprint density at radius 1 is 1.17 bits per heavy atom. The largest absolute Gasteiger partial charge is 0.348 e. The Balaban J connectivity index is 1.83. The summed E-state index contributed by atoms with van der Waals surface area (Å²) >= 11 is 0. The van der Waals surface area contributed by atoms with Gasteiger partial charge in [-0.1, -0.05) is 17.7 Å². The topological polar surface area (TPSA) is 25.2 Å². The molecular formula is C15H16N2O. The van der Waals surface area contributed by atoms with Crippen LogP contribution in [0.2, 0.25) is 0 Å². The summed E-state index contributed by atoms with van der Waals surface area (Å²) in [7, 11) is 0. The maximum Gasteiger partial charge on any atom is 0.254 e. The minimum Gasteiger partial charge on any atom is -0.348 e. The van der Waals surface area contributed by atoms with Gasteiger partial charge in [-0.2, -0.15) is 0 Å². The van der Waals surface area contributed by atoms with E-state index in [2.05, 4.69) is 16.8 Å². The van der Waals surface area contributed by atoms with E-state index in [4.69, 9.17) is 0 Å². The molecule has 0 N–H and O–H groups in total. The van der Waals surface area contributed by atoms with E-state index < -0.39 is 0 Å². The first-order valence-electron chi connectivity index (χ1n) is 6.24. The molecule has 1 aliphatic heterocycles. The molecule has 2 aromatic rings. The van der Waals surface area contributed by atoms with Gasteiger partial charge >= 0.3 is 0 Å². The first-order chi connectivity index (χ1) is 8.74. The minimum atomic E-state index is 0.131. The molecule has 92 valence electrons. The number of benzene rings is 1. The Morgan fingerprint density at radius 2 is 2.06 bits per heavy atom. The highest BCUT2D eigenvalue weighted by Gasteiger charge is 2.21. The smallest absolute Gasteiger partial charge is 0.254 e. The van der Waals surface area contributed by atoms with Crippen molar-refractivity contribution in [1.29, 1.82) is 0 Å². The molecule has 0 saturated heterocycles. The molecule has 1 aliphatic rings. The SMILES string of the molecule is Cc1cccc(C(=O)N2CCn3cccc3C2)c1. The van der Waals surface area contributed by atoms with Gasteiger partial charge in [-0.25, -0.2) is 0 Å². The molecule has 0 radical (unpaired) electrons. The van der Waals surface area contributed by atoms with Crippen LogP contribution in [-0.2, 0) is 13.1 Å². The van der Waals surface area contributed by atoms with Crippen LogP contribution in [0.1, 0.15) is 21.6 Å². The number of hydrogen-bond donors (Lipinski definition) is 0. The van der Waals surface area contributed by atoms with Gasteiger partial charge in [-0.05, 0) is 31.2 Å². The van der Waals surface area contributed by atoms with E-state index in [1.165, 1.54) is 5.69 Å². The molecule has 1 aromatic carbocycles. The van der Waals surface area contributed by atoms with Crippen molar-refractivity contribution in [3.63, 3.8) is 0 Å². The van der Waals surface area contributed by atoms with Crippen LogP contribution in [0.15, 0.2) is 42.6 Å². The van der Waals surface area contributed by atoms with E-state index in [-0.39, 0.29) is 5.91 Å². The number of aryl methyl sites for hydroxylation is 1. The first kappa shape index (κ1) is 11.1. The molecule has 0 saturated carbocycles. The molecule has 0 spiro atoms. The predicted octanol–water partition coefficient (Wildman–Crippen LogP) is 2.45. The summed E-state index contributed by atoms with van der Waals surface area (Å²) in [5.74, 6) is 0.131. The molecule has 0 aliphatic carbocycles. The van der Waals surface area contributed by atoms with E-state index in [1.54, 1.807) is 0 Å². The fourth-order valence-corrected chi connectivity index (χ4v) is 2.45. The van der Waals surface area contributed by atoms with Gasteiger partial charge in [0.05, 0.1) is 6.54 Å². The normalized spacial score (nSPS) is 14.4. The summed E-state index contributed by atoms with van der Waals surface area (Å²) in [6.07, 6.45) is 2.07. The quantitative estimate of drug-likeness (QED) is 0.751. The lowest BCUT2D eigenvalue weighted by atomic mass is 10.1. The first-order valence-corrected chi connectivity index (χ1v) is 6.24. The van der Waals surface area contributed by atoms with Gasteiger partial charge in [-0.3, -0.25) is 4.79 Å². The van der Waals surface area contributed by atoms with E-state index in [0.29, 0.717) is 6.54 Å². The Bertz CT molecular complexity index is 586. The van der Waals surface area contributed by atoms with Crippen LogP contribution in [-0.4, -0.2) is 21.9 Å². The highest BCUT2D eigenvalue weighted by Crippen LogP contribution is 2.16. The maximum absolute atomic E-state index is 12.4. The number of amides is 1. The second kappa shape index (κ2) is 4.33. The van der Waals surface area contributed by atoms with Gasteiger partial charge < -0.3 is 9.47 Å². The summed E-state index contributed by atoms with van der Waals surface area (Å²) in [4.78, 5) is 14.3. The zero-order valence-electron chi connectivity index (χ0n) is 10.5. The van der Waals surface area contributed by atoms with Gasteiger partial charge in [0, 0.05) is 30.5 Å². The van der Waals surface area contributed by atoms with Crippen LogP contribution in [0.5, 0.6) is 0 Å². The van der Waals surface area contributed by atoms with E-state index in [1.807, 2.05) is 42.2 Å². The molecule has 18 heavy (non-hydrogen) atoms. The number of hydrogen-bond acceptors (Lipinski definition) is 1. The minimum absolute atomic E-state index is 0.131. The van der Waals surface area contributed by atoms with Crippen molar-refractivity contribution in [2.24, 2.45) is 0 Å². The van der Waals surface area contributed by atoms with Crippen LogP contribution in [0.4, 0.5) is 0 Å². The van der Waals surface area contributed by atoms with Crippen LogP contribution >= 0.6 is 0 Å². The molecule has 2 heterocycles. The van der Waals surface area contributed by atoms with Crippen molar-refractivity contribution in [1.82, 2.24) is 9.47 Å². The Kier molecular flexibility index (Phi) is 2.67. The highest BCUT2D eigenvalue weighted by molar-refractivity contribution is 5.94. The molecule has 3 heteroatoms. The lowest BCUT2D eigenvalue weighted by molar-refractivity contribution is 0.0711. The van der Waals surface area contributed by atoms with Crippen molar-refractivity contribution in [2.45, 2.75) is 20.0 Å². The Hall–Kier alpha value is -2.03. The molecule has 0 atom stereocenters. The van der Waals surface area contributed by atoms with Crippen molar-refractivity contribution >= 4 is 5.91 Å². The average Bonchev–Trinajstić information content (AvgIpc) is 2.85. The number of rotatable bonds is 1. The molecule has 0 unspecified atom stereocenters. The van der Waals surface area contributed by atoms with Crippen LogP contribution in [0, 0.1) is 6.92 Å². The van der Waals surface area contributed by atoms with Gasteiger partial charge in [0.25, 0.3) is 5.91 Å². The zero-order valence-corrected chi connectivity index (χ0v) is 10.5. The molecular weight excluding hydrogens is 224 g/mol. The monoisotopic (exact) mass is 240 g/mol. The Labute approximate surface area is 107 Å². The summed E-state index contributed by atoms with van der Waals surface area (Å²) in [5.41, 5.74) is 3.12. The average molecular weight is 240 g/mol. The van der Waals surface area contributed by atoms with Crippen LogP contribution < -0.4 is 0 Å². The maximum atomic E-state index is 12.4. The fourth-order valence-electron chi connectivity index (χ4n) is 2.45. The van der Waals surface area contributed by atoms with Crippen molar-refractivity contribution in [3.05, 3.63) is 59.4 Å². The molecule has 3 rings (SSSR count). The second-order valence-electron chi connectivity index (χ2n) is 4.79. The molecule has 0 fully saturated rings. The Morgan fingerprint density at radius 3 is 2.89 bits per heavy atom. The summed E-state index contributed by atoms with van der Waals surface area (Å²) in [5, 5.41) is 0. The highest BCUT2D eigenvalue weighted by atomic mass is 16.2. The van der Waals surface area contributed by atoms with E-state index >= 15 is 0 Å². The number of aromatic nitrogens is 1. The van der Waals surface area contributed by atoms with Crippen molar-refractivity contribution in [2.75, 3.05) is 6.54 Å². The molecule has 1 aromatic heterocycles. The summed E-state index contributed by atoms with van der Waals surface area (Å²) in [6, 6.07) is 11.9. The van der Waals surface area contributed by atoms with Crippen molar-refractivity contribution in [3.8, 4) is 0 Å². The van der Waals surface area contributed by atoms with Crippen LogP contribution in [0.3, 0.4) is 0 Å². The number of nitrogens with zero attached hydrogens (tertiary/aromatic N) is 2. The van der Waals surface area contributed by atoms with Gasteiger partial charge in [0.2, 0.25) is 0 Å². The number of fused-ring (bicyclic) bond motifs is 1. The zero-order chi connectivity index (χ0) is 12.5. The number of carbonyl (C=O) groups is 1.